The van der Waals surface area contributed by atoms with Crippen molar-refractivity contribution in [3.8, 4) is 5.69 Å². The highest BCUT2D eigenvalue weighted by Crippen LogP contribution is 2.27. The summed E-state index contributed by atoms with van der Waals surface area (Å²) in [5, 5.41) is 7.03. The van der Waals surface area contributed by atoms with Crippen molar-refractivity contribution in [1.29, 1.82) is 0 Å². The predicted octanol–water partition coefficient (Wildman–Crippen LogP) is 1.57. The molecule has 0 bridgehead atoms. The first kappa shape index (κ1) is 19.0. The van der Waals surface area contributed by atoms with Crippen molar-refractivity contribution in [3.05, 3.63) is 60.4 Å². The maximum atomic E-state index is 12.5. The van der Waals surface area contributed by atoms with Crippen molar-refractivity contribution in [2.45, 2.75) is 4.90 Å². The molecule has 2 heterocycles. The van der Waals surface area contributed by atoms with E-state index in [9.17, 15) is 13.2 Å². The topological polar surface area (TPSA) is 110 Å². The summed E-state index contributed by atoms with van der Waals surface area (Å²) in [5.41, 5.74) is 0.813. The predicted molar refractivity (Wildman–Crippen MR) is 99.1 cm³/mol. The summed E-state index contributed by atoms with van der Waals surface area (Å²) in [6.07, 6.45) is 5.47. The summed E-state index contributed by atoms with van der Waals surface area (Å²) in [6, 6.07) is 7.87. The lowest BCUT2D eigenvalue weighted by Crippen LogP contribution is -2.35. The van der Waals surface area contributed by atoms with Gasteiger partial charge in [0, 0.05) is 19.4 Å². The molecule has 2 aromatic heterocycles. The van der Waals surface area contributed by atoms with E-state index in [0.29, 0.717) is 16.4 Å². The Morgan fingerprint density at radius 2 is 2.07 bits per heavy atom. The van der Waals surface area contributed by atoms with E-state index in [1.165, 1.54) is 48.9 Å². The Morgan fingerprint density at radius 3 is 2.74 bits per heavy atom. The molecule has 11 heteroatoms. The monoisotopic (exact) mass is 406 g/mol. The molecule has 0 saturated carbocycles. The standard InChI is InChI=1S/C16H15ClN6O3S/c1-22(27(25,26)12-4-3-7-18-8-12)9-15(24)21-14-6-2-5-13(17)16(14)23-11-19-10-20-23/h2-8,10-11H,9H2,1H3,(H,21,24). The van der Waals surface area contributed by atoms with Crippen molar-refractivity contribution in [2.24, 2.45) is 0 Å². The van der Waals surface area contributed by atoms with Gasteiger partial charge < -0.3 is 5.32 Å². The van der Waals surface area contributed by atoms with Crippen molar-refractivity contribution in [1.82, 2.24) is 24.1 Å². The van der Waals surface area contributed by atoms with Crippen LogP contribution in [0.3, 0.4) is 0 Å². The third kappa shape index (κ3) is 4.13. The SMILES string of the molecule is CN(CC(=O)Nc1cccc(Cl)c1-n1cncn1)S(=O)(=O)c1cccnc1. The van der Waals surface area contributed by atoms with Crippen LogP contribution in [0.15, 0.2) is 60.3 Å². The molecule has 0 saturated heterocycles. The van der Waals surface area contributed by atoms with Gasteiger partial charge in [-0.05, 0) is 24.3 Å². The van der Waals surface area contributed by atoms with Gasteiger partial charge in [-0.25, -0.2) is 18.1 Å². The van der Waals surface area contributed by atoms with Crippen LogP contribution in [0.4, 0.5) is 5.69 Å². The minimum Gasteiger partial charge on any atom is -0.323 e. The van der Waals surface area contributed by atoms with Crippen LogP contribution in [0.5, 0.6) is 0 Å². The smallest absolute Gasteiger partial charge is 0.244 e. The fraction of sp³-hybridized carbons (Fsp3) is 0.125. The van der Waals surface area contributed by atoms with Crippen LogP contribution in [0.2, 0.25) is 5.02 Å². The molecule has 0 fully saturated rings. The van der Waals surface area contributed by atoms with Gasteiger partial charge in [0.25, 0.3) is 0 Å². The van der Waals surface area contributed by atoms with Crippen molar-refractivity contribution < 1.29 is 13.2 Å². The van der Waals surface area contributed by atoms with Gasteiger partial charge in [-0.3, -0.25) is 9.78 Å². The molecular weight excluding hydrogens is 392 g/mol. The Kier molecular flexibility index (Phi) is 5.49. The quantitative estimate of drug-likeness (QED) is 0.665. The number of rotatable bonds is 6. The maximum absolute atomic E-state index is 12.5. The molecule has 0 aliphatic carbocycles. The zero-order valence-electron chi connectivity index (χ0n) is 14.2. The third-order valence-corrected chi connectivity index (χ3v) is 5.71. The number of para-hydroxylation sites is 1. The molecule has 9 nitrogen and oxygen atoms in total. The molecule has 1 aromatic carbocycles. The highest BCUT2D eigenvalue weighted by Gasteiger charge is 2.23. The van der Waals surface area contributed by atoms with Crippen LogP contribution in [0, 0.1) is 0 Å². The normalized spacial score (nSPS) is 11.5. The fourth-order valence-electron chi connectivity index (χ4n) is 2.33. The molecule has 27 heavy (non-hydrogen) atoms. The number of nitrogens with zero attached hydrogens (tertiary/aromatic N) is 5. The number of amides is 1. The Morgan fingerprint density at radius 1 is 1.26 bits per heavy atom. The number of hydrogen-bond donors (Lipinski definition) is 1. The number of benzene rings is 1. The molecule has 0 atom stereocenters. The number of likely N-dealkylation sites (N-methyl/N-ethyl adjacent to an activating group) is 1. The number of carbonyl (C=O) groups is 1. The fourth-order valence-corrected chi connectivity index (χ4v) is 3.68. The van der Waals surface area contributed by atoms with Gasteiger partial charge >= 0.3 is 0 Å². The van der Waals surface area contributed by atoms with Crippen molar-refractivity contribution in [2.75, 3.05) is 18.9 Å². The Balaban J connectivity index is 1.78. The van der Waals surface area contributed by atoms with Crippen LogP contribution < -0.4 is 5.32 Å². The molecule has 0 unspecified atom stereocenters. The van der Waals surface area contributed by atoms with E-state index in [2.05, 4.69) is 20.4 Å². The van der Waals surface area contributed by atoms with Crippen molar-refractivity contribution in [3.63, 3.8) is 0 Å². The average molecular weight is 407 g/mol. The number of aromatic nitrogens is 4. The minimum absolute atomic E-state index is 0.00589. The Bertz CT molecular complexity index is 1040. The molecule has 1 N–H and O–H groups in total. The van der Waals surface area contributed by atoms with Gasteiger partial charge in [0.05, 0.1) is 17.3 Å². The molecule has 0 radical (unpaired) electrons. The number of nitrogens with one attached hydrogen (secondary N) is 1. The zero-order chi connectivity index (χ0) is 19.4. The molecule has 1 amide bonds. The molecular formula is C16H15ClN6O3S. The maximum Gasteiger partial charge on any atom is 0.244 e. The van der Waals surface area contributed by atoms with E-state index >= 15 is 0 Å². The van der Waals surface area contributed by atoms with Crippen LogP contribution in [0.25, 0.3) is 5.69 Å². The number of pyridine rings is 1. The second kappa shape index (κ2) is 7.82. The first-order valence-electron chi connectivity index (χ1n) is 7.69. The molecule has 3 aromatic rings. The Labute approximate surface area is 160 Å². The number of carbonyl (C=O) groups excluding carboxylic acids is 1. The van der Waals surface area contributed by atoms with Crippen LogP contribution >= 0.6 is 11.6 Å². The summed E-state index contributed by atoms with van der Waals surface area (Å²) < 4.78 is 27.3. The third-order valence-electron chi connectivity index (χ3n) is 3.62. The summed E-state index contributed by atoms with van der Waals surface area (Å²) in [5.74, 6) is -0.534. The summed E-state index contributed by atoms with van der Waals surface area (Å²) in [6.45, 7) is -0.388. The van der Waals surface area contributed by atoms with E-state index in [0.717, 1.165) is 4.31 Å². The van der Waals surface area contributed by atoms with Crippen LogP contribution in [-0.2, 0) is 14.8 Å². The number of anilines is 1. The lowest BCUT2D eigenvalue weighted by Gasteiger charge is -2.17. The van der Waals surface area contributed by atoms with E-state index < -0.39 is 15.9 Å². The number of sulfonamides is 1. The van der Waals surface area contributed by atoms with Gasteiger partial charge in [-0.2, -0.15) is 9.40 Å². The van der Waals surface area contributed by atoms with E-state index in [4.69, 9.17) is 11.6 Å². The number of halogens is 1. The summed E-state index contributed by atoms with van der Waals surface area (Å²) >= 11 is 6.21. The lowest BCUT2D eigenvalue weighted by molar-refractivity contribution is -0.116. The van der Waals surface area contributed by atoms with Gasteiger partial charge in [0.15, 0.2) is 0 Å². The van der Waals surface area contributed by atoms with Crippen LogP contribution in [0.1, 0.15) is 0 Å². The first-order chi connectivity index (χ1) is 12.9. The average Bonchev–Trinajstić information content (AvgIpc) is 3.16. The Hall–Kier alpha value is -2.82. The molecule has 3 rings (SSSR count). The summed E-state index contributed by atoms with van der Waals surface area (Å²) in [4.78, 5) is 20.1. The minimum atomic E-state index is -3.83. The number of hydrogen-bond acceptors (Lipinski definition) is 6. The second-order valence-electron chi connectivity index (χ2n) is 5.47. The van der Waals surface area contributed by atoms with Gasteiger partial charge in [-0.15, -0.1) is 0 Å². The van der Waals surface area contributed by atoms with E-state index in [1.807, 2.05) is 0 Å². The highest BCUT2D eigenvalue weighted by molar-refractivity contribution is 7.89. The molecule has 0 aliphatic heterocycles. The van der Waals surface area contributed by atoms with Gasteiger partial charge in [0.2, 0.25) is 15.9 Å². The van der Waals surface area contributed by atoms with Crippen molar-refractivity contribution >= 4 is 33.2 Å². The largest absolute Gasteiger partial charge is 0.323 e. The zero-order valence-corrected chi connectivity index (χ0v) is 15.7. The first-order valence-corrected chi connectivity index (χ1v) is 9.51. The lowest BCUT2D eigenvalue weighted by atomic mass is 10.2. The summed E-state index contributed by atoms with van der Waals surface area (Å²) in [7, 11) is -2.51. The highest BCUT2D eigenvalue weighted by atomic mass is 35.5. The molecule has 0 spiro atoms. The second-order valence-corrected chi connectivity index (χ2v) is 7.93. The van der Waals surface area contributed by atoms with Crippen LogP contribution in [-0.4, -0.2) is 52.0 Å². The van der Waals surface area contributed by atoms with E-state index in [1.54, 1.807) is 18.2 Å². The van der Waals surface area contributed by atoms with Gasteiger partial charge in [0.1, 0.15) is 23.2 Å². The molecule has 140 valence electrons. The van der Waals surface area contributed by atoms with Gasteiger partial charge in [-0.1, -0.05) is 17.7 Å². The molecule has 0 aliphatic rings. The van der Waals surface area contributed by atoms with E-state index in [-0.39, 0.29) is 11.4 Å².